The van der Waals surface area contributed by atoms with Crippen LogP contribution in [0.25, 0.3) is 0 Å². The van der Waals surface area contributed by atoms with E-state index in [1.54, 1.807) is 25.5 Å². The van der Waals surface area contributed by atoms with Crippen molar-refractivity contribution in [1.82, 2.24) is 19.7 Å². The third-order valence-electron chi connectivity index (χ3n) is 4.54. The molecule has 0 aromatic carbocycles. The minimum atomic E-state index is -1.00. The zero-order valence-electron chi connectivity index (χ0n) is 16.7. The van der Waals surface area contributed by atoms with Crippen LogP contribution in [0, 0.1) is 6.92 Å². The van der Waals surface area contributed by atoms with Crippen LogP contribution in [0.2, 0.25) is 5.02 Å². The molecule has 2 N–H and O–H groups in total. The summed E-state index contributed by atoms with van der Waals surface area (Å²) in [5.41, 5.74) is 0.296. The Morgan fingerprint density at radius 2 is 2.25 bits per heavy atom. The van der Waals surface area contributed by atoms with Gasteiger partial charge in [-0.1, -0.05) is 11.6 Å². The average Bonchev–Trinajstić information content (AvgIpc) is 2.93. The van der Waals surface area contributed by atoms with E-state index in [0.29, 0.717) is 53.7 Å². The van der Waals surface area contributed by atoms with E-state index in [1.807, 2.05) is 13.8 Å². The Bertz CT molecular complexity index is 882. The number of ether oxygens (including phenoxy) is 2. The maximum absolute atomic E-state index is 12.5. The highest BCUT2D eigenvalue weighted by Gasteiger charge is 2.36. The molecular weight excluding hydrogens is 384 g/mol. The van der Waals surface area contributed by atoms with E-state index in [0.717, 1.165) is 0 Å². The molecule has 1 aliphatic rings. The summed E-state index contributed by atoms with van der Waals surface area (Å²) in [5.74, 6) is 0.904. The summed E-state index contributed by atoms with van der Waals surface area (Å²) in [6.07, 6.45) is 2.24. The summed E-state index contributed by atoms with van der Waals surface area (Å²) in [7, 11) is 0. The van der Waals surface area contributed by atoms with E-state index in [2.05, 4.69) is 25.7 Å². The number of nitrogens with one attached hydrogen (secondary N) is 2. The normalized spacial score (nSPS) is 16.7. The van der Waals surface area contributed by atoms with Gasteiger partial charge >= 0.3 is 5.97 Å². The lowest BCUT2D eigenvalue weighted by Crippen LogP contribution is -2.39. The van der Waals surface area contributed by atoms with Crippen molar-refractivity contribution in [1.29, 1.82) is 0 Å². The number of carbonyl (C=O) groups is 1. The lowest BCUT2D eigenvalue weighted by molar-refractivity contribution is -0.152. The highest BCUT2D eigenvalue weighted by molar-refractivity contribution is 6.32. The Hall–Kier alpha value is -2.55. The molecule has 0 spiro atoms. The Morgan fingerprint density at radius 3 is 2.96 bits per heavy atom. The quantitative estimate of drug-likeness (QED) is 0.746. The van der Waals surface area contributed by atoms with E-state index < -0.39 is 5.54 Å². The predicted molar refractivity (Wildman–Crippen MR) is 106 cm³/mol. The minimum absolute atomic E-state index is 0.0842. The number of anilines is 3. The molecule has 1 atom stereocenters. The Labute approximate surface area is 168 Å². The first-order valence-electron chi connectivity index (χ1n) is 9.20. The second kappa shape index (κ2) is 7.83. The molecule has 3 heterocycles. The first-order chi connectivity index (χ1) is 13.2. The zero-order chi connectivity index (χ0) is 20.5. The molecule has 0 aliphatic carbocycles. The van der Waals surface area contributed by atoms with Crippen LogP contribution in [-0.4, -0.2) is 45.0 Å². The molecule has 1 aliphatic heterocycles. The number of halogens is 1. The van der Waals surface area contributed by atoms with Crippen molar-refractivity contribution in [3.63, 3.8) is 0 Å². The Morgan fingerprint density at radius 1 is 1.50 bits per heavy atom. The number of carbonyl (C=O) groups excluding carboxylic acids is 1. The molecule has 2 bridgehead atoms. The maximum atomic E-state index is 12.5. The van der Waals surface area contributed by atoms with Gasteiger partial charge in [0.15, 0.2) is 11.4 Å². The molecule has 3 rings (SSSR count). The van der Waals surface area contributed by atoms with E-state index in [9.17, 15) is 4.79 Å². The number of aromatic nitrogens is 4. The topological polar surface area (TPSA) is 103 Å². The van der Waals surface area contributed by atoms with Gasteiger partial charge in [0.1, 0.15) is 10.7 Å². The summed E-state index contributed by atoms with van der Waals surface area (Å²) in [4.78, 5) is 21.1. The maximum Gasteiger partial charge on any atom is 0.333 e. The van der Waals surface area contributed by atoms with Crippen LogP contribution < -0.4 is 15.4 Å². The van der Waals surface area contributed by atoms with Crippen LogP contribution in [0.3, 0.4) is 0 Å². The van der Waals surface area contributed by atoms with Crippen molar-refractivity contribution >= 4 is 35.0 Å². The minimum Gasteiger partial charge on any atom is -0.475 e. The van der Waals surface area contributed by atoms with Crippen LogP contribution in [0.5, 0.6) is 5.88 Å². The fraction of sp³-hybridized carbons (Fsp3) is 0.556. The summed E-state index contributed by atoms with van der Waals surface area (Å²) in [5, 5.41) is 11.4. The molecule has 152 valence electrons. The van der Waals surface area contributed by atoms with Gasteiger partial charge < -0.3 is 20.1 Å². The summed E-state index contributed by atoms with van der Waals surface area (Å²) in [6, 6.07) is 0.0842. The SMILES string of the molecule is CCOC(=O)C(C)(C)n1nc2c(c1C)Nc1ncc(Cl)c(n1)NC(C)CCO2. The molecular formula is C18H25ClN6O3. The van der Waals surface area contributed by atoms with Gasteiger partial charge in [-0.05, 0) is 34.6 Å². The van der Waals surface area contributed by atoms with E-state index in [-0.39, 0.29) is 12.0 Å². The number of fused-ring (bicyclic) bond motifs is 3. The largest absolute Gasteiger partial charge is 0.475 e. The summed E-state index contributed by atoms with van der Waals surface area (Å²) in [6.45, 7) is 9.87. The second-order valence-electron chi connectivity index (χ2n) is 7.15. The van der Waals surface area contributed by atoms with Crippen LogP contribution in [-0.2, 0) is 15.1 Å². The van der Waals surface area contributed by atoms with Gasteiger partial charge in [0, 0.05) is 12.5 Å². The van der Waals surface area contributed by atoms with Gasteiger partial charge in [-0.15, -0.1) is 5.10 Å². The third-order valence-corrected chi connectivity index (χ3v) is 4.82. The number of esters is 1. The highest BCUT2D eigenvalue weighted by Crippen LogP contribution is 2.34. The van der Waals surface area contributed by atoms with Crippen LogP contribution in [0.1, 0.15) is 39.8 Å². The van der Waals surface area contributed by atoms with Gasteiger partial charge in [0.05, 0.1) is 25.1 Å². The van der Waals surface area contributed by atoms with Crippen LogP contribution in [0.4, 0.5) is 17.5 Å². The molecule has 0 fully saturated rings. The monoisotopic (exact) mass is 408 g/mol. The standard InChI is InChI=1S/C18H25ClN6O3/c1-6-27-16(26)18(4,5)25-11(3)13-15(24-25)28-8-7-10(2)21-14-12(19)9-20-17(22-13)23-14/h9-10H,6-8H2,1-5H3,(H2,20,21,22,23). The molecule has 1 unspecified atom stereocenters. The van der Waals surface area contributed by atoms with Gasteiger partial charge in [-0.3, -0.25) is 0 Å². The molecule has 2 aromatic rings. The number of hydrogen-bond acceptors (Lipinski definition) is 8. The predicted octanol–water partition coefficient (Wildman–Crippen LogP) is 3.26. The molecule has 9 nitrogen and oxygen atoms in total. The fourth-order valence-corrected chi connectivity index (χ4v) is 3.08. The van der Waals surface area contributed by atoms with Gasteiger partial charge in [-0.2, -0.15) is 4.98 Å². The van der Waals surface area contributed by atoms with E-state index in [1.165, 1.54) is 6.20 Å². The van der Waals surface area contributed by atoms with Crippen molar-refractivity contribution in [2.24, 2.45) is 0 Å². The first kappa shape index (κ1) is 20.2. The molecule has 28 heavy (non-hydrogen) atoms. The first-order valence-corrected chi connectivity index (χ1v) is 9.58. The molecule has 0 radical (unpaired) electrons. The smallest absolute Gasteiger partial charge is 0.333 e. The van der Waals surface area contributed by atoms with Crippen molar-refractivity contribution < 1.29 is 14.3 Å². The van der Waals surface area contributed by atoms with Crippen LogP contribution in [0.15, 0.2) is 6.20 Å². The lowest BCUT2D eigenvalue weighted by Gasteiger charge is -2.24. The molecule has 0 saturated carbocycles. The van der Waals surface area contributed by atoms with Crippen molar-refractivity contribution in [3.05, 3.63) is 16.9 Å². The Balaban J connectivity index is 2.05. The second-order valence-corrected chi connectivity index (χ2v) is 7.56. The third kappa shape index (κ3) is 3.84. The number of nitrogens with zero attached hydrogens (tertiary/aromatic N) is 4. The number of hydrogen-bond donors (Lipinski definition) is 2. The van der Waals surface area contributed by atoms with Crippen molar-refractivity contribution in [3.8, 4) is 5.88 Å². The molecule has 2 aromatic heterocycles. The lowest BCUT2D eigenvalue weighted by atomic mass is 10.1. The van der Waals surface area contributed by atoms with Crippen molar-refractivity contribution in [2.75, 3.05) is 23.8 Å². The van der Waals surface area contributed by atoms with Crippen LogP contribution >= 0.6 is 11.6 Å². The highest BCUT2D eigenvalue weighted by atomic mass is 35.5. The fourth-order valence-electron chi connectivity index (χ4n) is 2.94. The summed E-state index contributed by atoms with van der Waals surface area (Å²) >= 11 is 6.20. The summed E-state index contributed by atoms with van der Waals surface area (Å²) < 4.78 is 12.7. The zero-order valence-corrected chi connectivity index (χ0v) is 17.4. The van der Waals surface area contributed by atoms with Gasteiger partial charge in [0.2, 0.25) is 5.95 Å². The number of rotatable bonds is 3. The van der Waals surface area contributed by atoms with E-state index >= 15 is 0 Å². The van der Waals surface area contributed by atoms with Gasteiger partial charge in [-0.25, -0.2) is 14.5 Å². The van der Waals surface area contributed by atoms with E-state index in [4.69, 9.17) is 21.1 Å². The Kier molecular flexibility index (Phi) is 5.64. The molecule has 10 heteroatoms. The molecule has 0 amide bonds. The van der Waals surface area contributed by atoms with Gasteiger partial charge in [0.25, 0.3) is 5.88 Å². The molecule has 0 saturated heterocycles. The van der Waals surface area contributed by atoms with Crippen molar-refractivity contribution in [2.45, 2.75) is 52.6 Å². The average molecular weight is 409 g/mol.